The van der Waals surface area contributed by atoms with Crippen LogP contribution in [0.4, 0.5) is 8.78 Å². The van der Waals surface area contributed by atoms with Gasteiger partial charge in [0.25, 0.3) is 0 Å². The molecule has 1 N–H and O–H groups in total. The van der Waals surface area contributed by atoms with Crippen molar-refractivity contribution < 1.29 is 8.78 Å². The Morgan fingerprint density at radius 2 is 1.80 bits per heavy atom. The summed E-state index contributed by atoms with van der Waals surface area (Å²) in [4.78, 5) is 0. The first-order valence-electron chi connectivity index (χ1n) is 6.07. The Labute approximate surface area is 135 Å². The van der Waals surface area contributed by atoms with Crippen LogP contribution in [-0.2, 0) is 6.42 Å². The molecule has 0 saturated carbocycles. The monoisotopic (exact) mass is 407 g/mol. The summed E-state index contributed by atoms with van der Waals surface area (Å²) in [5.74, 6) is -1.12. The SMILES string of the molecule is CNC(Cc1cc(F)cc(F)c1)c1cc(Cl)ccc1I. The van der Waals surface area contributed by atoms with Gasteiger partial charge < -0.3 is 5.32 Å². The molecule has 106 valence electrons. The van der Waals surface area contributed by atoms with Crippen molar-refractivity contribution in [3.05, 3.63) is 67.8 Å². The predicted octanol–water partition coefficient (Wildman–Crippen LogP) is 4.73. The van der Waals surface area contributed by atoms with Crippen LogP contribution in [-0.4, -0.2) is 7.05 Å². The van der Waals surface area contributed by atoms with Crippen LogP contribution in [0.2, 0.25) is 5.02 Å². The van der Waals surface area contributed by atoms with Gasteiger partial charge in [-0.1, -0.05) is 11.6 Å². The summed E-state index contributed by atoms with van der Waals surface area (Å²) in [6, 6.07) is 9.15. The number of nitrogens with one attached hydrogen (secondary N) is 1. The zero-order valence-corrected chi connectivity index (χ0v) is 13.7. The molecule has 0 fully saturated rings. The van der Waals surface area contributed by atoms with E-state index in [0.717, 1.165) is 15.2 Å². The van der Waals surface area contributed by atoms with Gasteiger partial charge in [-0.15, -0.1) is 0 Å². The Morgan fingerprint density at radius 1 is 1.15 bits per heavy atom. The van der Waals surface area contributed by atoms with E-state index in [0.29, 0.717) is 17.0 Å². The number of likely N-dealkylation sites (N-methyl/N-ethyl adjacent to an activating group) is 1. The molecule has 2 aromatic carbocycles. The van der Waals surface area contributed by atoms with Gasteiger partial charge in [0, 0.05) is 20.7 Å². The average molecular weight is 408 g/mol. The van der Waals surface area contributed by atoms with E-state index >= 15 is 0 Å². The van der Waals surface area contributed by atoms with Crippen molar-refractivity contribution in [3.8, 4) is 0 Å². The van der Waals surface area contributed by atoms with Crippen molar-refractivity contribution in [2.45, 2.75) is 12.5 Å². The number of rotatable bonds is 4. The van der Waals surface area contributed by atoms with Crippen molar-refractivity contribution in [1.82, 2.24) is 5.32 Å². The minimum Gasteiger partial charge on any atom is -0.313 e. The molecule has 2 rings (SSSR count). The fourth-order valence-electron chi connectivity index (χ4n) is 2.11. The molecule has 1 unspecified atom stereocenters. The maximum absolute atomic E-state index is 13.2. The van der Waals surface area contributed by atoms with E-state index in [1.807, 2.05) is 25.2 Å². The molecule has 0 aliphatic carbocycles. The second-order valence-electron chi connectivity index (χ2n) is 4.49. The topological polar surface area (TPSA) is 12.0 Å². The Kier molecular flexibility index (Phi) is 5.35. The third kappa shape index (κ3) is 3.90. The van der Waals surface area contributed by atoms with Crippen LogP contribution in [0.5, 0.6) is 0 Å². The first-order valence-corrected chi connectivity index (χ1v) is 7.52. The molecule has 1 atom stereocenters. The molecule has 0 radical (unpaired) electrons. The van der Waals surface area contributed by atoms with E-state index in [4.69, 9.17) is 11.6 Å². The van der Waals surface area contributed by atoms with Gasteiger partial charge in [0.2, 0.25) is 0 Å². The van der Waals surface area contributed by atoms with E-state index in [1.54, 1.807) is 0 Å². The van der Waals surface area contributed by atoms with Crippen molar-refractivity contribution in [2.75, 3.05) is 7.05 Å². The number of hydrogen-bond acceptors (Lipinski definition) is 1. The smallest absolute Gasteiger partial charge is 0.126 e. The average Bonchev–Trinajstić information content (AvgIpc) is 2.38. The lowest BCUT2D eigenvalue weighted by molar-refractivity contribution is 0.561. The Morgan fingerprint density at radius 3 is 2.40 bits per heavy atom. The van der Waals surface area contributed by atoms with Gasteiger partial charge >= 0.3 is 0 Å². The van der Waals surface area contributed by atoms with Crippen molar-refractivity contribution in [1.29, 1.82) is 0 Å². The van der Waals surface area contributed by atoms with Gasteiger partial charge in [0.05, 0.1) is 0 Å². The maximum atomic E-state index is 13.2. The molecular formula is C15H13ClF2IN. The summed E-state index contributed by atoms with van der Waals surface area (Å²) >= 11 is 8.25. The van der Waals surface area contributed by atoms with Crippen LogP contribution in [0.25, 0.3) is 0 Å². The Balaban J connectivity index is 2.31. The van der Waals surface area contributed by atoms with E-state index in [9.17, 15) is 8.78 Å². The summed E-state index contributed by atoms with van der Waals surface area (Å²) < 4.78 is 27.5. The van der Waals surface area contributed by atoms with Crippen LogP contribution >= 0.6 is 34.2 Å². The standard InChI is InChI=1S/C15H13ClF2IN/c1-20-15(13-7-10(16)2-3-14(13)19)6-9-4-11(17)8-12(18)5-9/h2-5,7-8,15,20H,6H2,1H3. The molecular weight excluding hydrogens is 395 g/mol. The normalized spacial score (nSPS) is 12.4. The maximum Gasteiger partial charge on any atom is 0.126 e. The minimum absolute atomic E-state index is 0.0539. The van der Waals surface area contributed by atoms with E-state index in [1.165, 1.54) is 12.1 Å². The lowest BCUT2D eigenvalue weighted by Gasteiger charge is -2.19. The largest absolute Gasteiger partial charge is 0.313 e. The van der Waals surface area contributed by atoms with Crippen LogP contribution in [0.1, 0.15) is 17.2 Å². The molecule has 0 aromatic heterocycles. The molecule has 0 heterocycles. The molecule has 0 aliphatic heterocycles. The third-order valence-corrected chi connectivity index (χ3v) is 4.26. The van der Waals surface area contributed by atoms with Gasteiger partial charge in [-0.3, -0.25) is 0 Å². The van der Waals surface area contributed by atoms with E-state index < -0.39 is 11.6 Å². The molecule has 0 aliphatic rings. The van der Waals surface area contributed by atoms with Crippen molar-refractivity contribution in [3.63, 3.8) is 0 Å². The molecule has 0 spiro atoms. The first-order chi connectivity index (χ1) is 9.49. The van der Waals surface area contributed by atoms with Crippen LogP contribution in [0, 0.1) is 15.2 Å². The summed E-state index contributed by atoms with van der Waals surface area (Å²) in [5, 5.41) is 3.81. The zero-order chi connectivity index (χ0) is 14.7. The van der Waals surface area contributed by atoms with Gasteiger partial charge in [-0.05, 0) is 77.5 Å². The highest BCUT2D eigenvalue weighted by molar-refractivity contribution is 14.1. The Bertz CT molecular complexity index is 599. The Hall–Kier alpha value is -0.720. The van der Waals surface area contributed by atoms with Crippen molar-refractivity contribution in [2.24, 2.45) is 0 Å². The molecule has 2 aromatic rings. The summed E-state index contributed by atoms with van der Waals surface area (Å²) in [7, 11) is 1.82. The van der Waals surface area contributed by atoms with Crippen LogP contribution in [0.15, 0.2) is 36.4 Å². The molecule has 0 amide bonds. The second-order valence-corrected chi connectivity index (χ2v) is 6.09. The molecule has 0 bridgehead atoms. The number of benzene rings is 2. The molecule has 20 heavy (non-hydrogen) atoms. The fraction of sp³-hybridized carbons (Fsp3) is 0.200. The van der Waals surface area contributed by atoms with Gasteiger partial charge in [0.1, 0.15) is 11.6 Å². The molecule has 0 saturated heterocycles. The lowest BCUT2D eigenvalue weighted by Crippen LogP contribution is -2.20. The zero-order valence-electron chi connectivity index (χ0n) is 10.8. The highest BCUT2D eigenvalue weighted by atomic mass is 127. The quantitative estimate of drug-likeness (QED) is 0.723. The van der Waals surface area contributed by atoms with Crippen LogP contribution in [0.3, 0.4) is 0 Å². The summed E-state index contributed by atoms with van der Waals surface area (Å²) in [6.45, 7) is 0. The lowest BCUT2D eigenvalue weighted by atomic mass is 9.99. The highest BCUT2D eigenvalue weighted by Gasteiger charge is 2.15. The molecule has 1 nitrogen and oxygen atoms in total. The minimum atomic E-state index is -0.560. The number of halogens is 4. The van der Waals surface area contributed by atoms with Crippen molar-refractivity contribution >= 4 is 34.2 Å². The van der Waals surface area contributed by atoms with Gasteiger partial charge in [0.15, 0.2) is 0 Å². The second kappa shape index (κ2) is 6.83. The van der Waals surface area contributed by atoms with Crippen LogP contribution < -0.4 is 5.32 Å². The first kappa shape index (κ1) is 15.7. The summed E-state index contributed by atoms with van der Waals surface area (Å²) in [6.07, 6.45) is 0.488. The van der Waals surface area contributed by atoms with Gasteiger partial charge in [-0.2, -0.15) is 0 Å². The summed E-state index contributed by atoms with van der Waals surface area (Å²) in [5.41, 5.74) is 1.63. The third-order valence-electron chi connectivity index (χ3n) is 3.04. The van der Waals surface area contributed by atoms with E-state index in [2.05, 4.69) is 27.9 Å². The van der Waals surface area contributed by atoms with E-state index in [-0.39, 0.29) is 6.04 Å². The fourth-order valence-corrected chi connectivity index (χ4v) is 3.01. The van der Waals surface area contributed by atoms with Gasteiger partial charge in [-0.25, -0.2) is 8.78 Å². The molecule has 5 heteroatoms. The highest BCUT2D eigenvalue weighted by Crippen LogP contribution is 2.26. The number of hydrogen-bond donors (Lipinski definition) is 1. The predicted molar refractivity (Wildman–Crippen MR) is 86.0 cm³/mol.